The minimum atomic E-state index is -2.01. The zero-order chi connectivity index (χ0) is 20.8. The first kappa shape index (κ1) is 23.7. The molecule has 1 aliphatic rings. The average Bonchev–Trinajstić information content (AvgIpc) is 2.62. The predicted molar refractivity (Wildman–Crippen MR) is 109 cm³/mol. The molecule has 0 aromatic carbocycles. The lowest BCUT2D eigenvalue weighted by Gasteiger charge is -2.29. The molecule has 0 fully saturated rings. The Kier molecular flexibility index (Phi) is 8.99. The Bertz CT molecular complexity index is 636. The van der Waals surface area contributed by atoms with Crippen LogP contribution in [0.1, 0.15) is 47.0 Å². The van der Waals surface area contributed by atoms with Crippen molar-refractivity contribution in [1.82, 2.24) is 0 Å². The maximum Gasteiger partial charge on any atom is 0.316 e. The van der Waals surface area contributed by atoms with Crippen molar-refractivity contribution in [1.29, 1.82) is 0 Å². The summed E-state index contributed by atoms with van der Waals surface area (Å²) in [5.74, 6) is -2.45. The van der Waals surface area contributed by atoms with Crippen molar-refractivity contribution in [2.24, 2.45) is 11.8 Å². The second kappa shape index (κ2) is 10.2. The lowest BCUT2D eigenvalue weighted by Crippen LogP contribution is -2.48. The van der Waals surface area contributed by atoms with Crippen molar-refractivity contribution in [3.63, 3.8) is 0 Å². The highest BCUT2D eigenvalue weighted by Gasteiger charge is 2.42. The lowest BCUT2D eigenvalue weighted by atomic mass is 9.86. The molecule has 1 heterocycles. The predicted octanol–water partition coefficient (Wildman–Crippen LogP) is 3.42. The van der Waals surface area contributed by atoms with Gasteiger partial charge in [0.2, 0.25) is 0 Å². The molecule has 27 heavy (non-hydrogen) atoms. The number of allylic oxidation sites excluding steroid dienone is 3. The van der Waals surface area contributed by atoms with Crippen LogP contribution in [0.5, 0.6) is 0 Å². The van der Waals surface area contributed by atoms with Crippen molar-refractivity contribution < 1.29 is 24.5 Å². The van der Waals surface area contributed by atoms with Gasteiger partial charge in [-0.05, 0) is 49.3 Å². The van der Waals surface area contributed by atoms with Gasteiger partial charge in [-0.25, -0.2) is 0 Å². The highest BCUT2D eigenvalue weighted by atomic mass is 32.2. The SMILES string of the molecule is C=C1/C=C(\C)[C@H](CC)OC(=O)[C@H](C)C(=O)[C@@](O)(CO)C/C(SC)=C\[C@@H](C)C1. The molecule has 5 nitrogen and oxygen atoms in total. The zero-order valence-corrected chi connectivity index (χ0v) is 17.8. The quantitative estimate of drug-likeness (QED) is 0.562. The van der Waals surface area contributed by atoms with E-state index in [0.29, 0.717) is 12.8 Å². The van der Waals surface area contributed by atoms with Crippen LogP contribution in [0.15, 0.2) is 34.8 Å². The van der Waals surface area contributed by atoms with Crippen LogP contribution in [-0.4, -0.2) is 46.5 Å². The van der Waals surface area contributed by atoms with Gasteiger partial charge in [-0.3, -0.25) is 9.59 Å². The maximum atomic E-state index is 12.8. The third-order valence-corrected chi connectivity index (χ3v) is 5.62. The molecule has 0 unspecified atom stereocenters. The fraction of sp³-hybridized carbons (Fsp3) is 0.619. The summed E-state index contributed by atoms with van der Waals surface area (Å²) in [5.41, 5.74) is -0.225. The van der Waals surface area contributed by atoms with E-state index in [9.17, 15) is 19.8 Å². The van der Waals surface area contributed by atoms with Crippen molar-refractivity contribution in [3.05, 3.63) is 34.8 Å². The molecule has 0 saturated carbocycles. The number of esters is 1. The number of aliphatic hydroxyl groups excluding tert-OH is 1. The van der Waals surface area contributed by atoms with E-state index in [2.05, 4.69) is 6.58 Å². The minimum Gasteiger partial charge on any atom is -0.457 e. The number of rotatable bonds is 3. The molecule has 6 heteroatoms. The van der Waals surface area contributed by atoms with Gasteiger partial charge in [0.05, 0.1) is 6.61 Å². The van der Waals surface area contributed by atoms with Gasteiger partial charge in [0.15, 0.2) is 11.4 Å². The van der Waals surface area contributed by atoms with Crippen LogP contribution in [0.3, 0.4) is 0 Å². The van der Waals surface area contributed by atoms with E-state index in [4.69, 9.17) is 4.74 Å². The Labute approximate surface area is 166 Å². The molecular weight excluding hydrogens is 364 g/mol. The van der Waals surface area contributed by atoms with Crippen molar-refractivity contribution in [2.45, 2.75) is 58.7 Å². The van der Waals surface area contributed by atoms with Gasteiger partial charge in [0.1, 0.15) is 12.0 Å². The van der Waals surface area contributed by atoms with E-state index < -0.39 is 36.0 Å². The van der Waals surface area contributed by atoms with Crippen molar-refractivity contribution in [2.75, 3.05) is 12.9 Å². The molecule has 0 aliphatic carbocycles. The summed E-state index contributed by atoms with van der Waals surface area (Å²) in [7, 11) is 0. The molecule has 4 atom stereocenters. The number of carbonyl (C=O) groups is 2. The van der Waals surface area contributed by atoms with Crippen molar-refractivity contribution in [3.8, 4) is 0 Å². The van der Waals surface area contributed by atoms with Crippen LogP contribution in [0, 0.1) is 11.8 Å². The summed E-state index contributed by atoms with van der Waals surface area (Å²) in [6.45, 7) is 10.6. The van der Waals surface area contributed by atoms with E-state index >= 15 is 0 Å². The molecule has 0 bridgehead atoms. The summed E-state index contributed by atoms with van der Waals surface area (Å²) >= 11 is 1.41. The first-order valence-electron chi connectivity index (χ1n) is 9.26. The first-order chi connectivity index (χ1) is 12.6. The fourth-order valence-electron chi connectivity index (χ4n) is 3.22. The monoisotopic (exact) mass is 396 g/mol. The second-order valence-electron chi connectivity index (χ2n) is 7.35. The third-order valence-electron chi connectivity index (χ3n) is 4.82. The molecule has 0 aromatic rings. The van der Waals surface area contributed by atoms with Crippen molar-refractivity contribution >= 4 is 23.5 Å². The second-order valence-corrected chi connectivity index (χ2v) is 8.28. The van der Waals surface area contributed by atoms with Gasteiger partial charge in [-0.2, -0.15) is 0 Å². The van der Waals surface area contributed by atoms with Crippen LogP contribution in [-0.2, 0) is 14.3 Å². The highest BCUT2D eigenvalue weighted by Crippen LogP contribution is 2.30. The fourth-order valence-corrected chi connectivity index (χ4v) is 3.97. The van der Waals surface area contributed by atoms with Gasteiger partial charge < -0.3 is 14.9 Å². The van der Waals surface area contributed by atoms with Crippen LogP contribution in [0.2, 0.25) is 0 Å². The number of ketones is 1. The Hall–Kier alpha value is -1.37. The number of ether oxygens (including phenoxy) is 1. The molecular formula is C21H32O5S. The standard InChI is InChI=1S/C21H32O5S/c1-7-18-15(4)9-13(2)8-14(3)10-17(27-6)11-21(25,12-22)19(23)16(5)20(24)26-18/h9-10,14,16,18,22,25H,2,7-8,11-12H2,1,3-6H3/b15-9+,17-10+/t14-,16+,18-,21-/m0/s1. The van der Waals surface area contributed by atoms with Gasteiger partial charge in [0.25, 0.3) is 0 Å². The topological polar surface area (TPSA) is 83.8 Å². The largest absolute Gasteiger partial charge is 0.457 e. The normalized spacial score (nSPS) is 35.5. The number of Topliss-reactive ketones (excluding diaryl/α,β-unsaturated/α-hetero) is 1. The molecule has 0 aromatic heterocycles. The summed E-state index contributed by atoms with van der Waals surface area (Å²) < 4.78 is 5.52. The number of hydrogen-bond donors (Lipinski definition) is 2. The van der Waals surface area contributed by atoms with Gasteiger partial charge in [-0.1, -0.05) is 38.2 Å². The van der Waals surface area contributed by atoms with Crippen LogP contribution in [0.4, 0.5) is 0 Å². The molecule has 2 N–H and O–H groups in total. The number of thioether (sulfide) groups is 1. The van der Waals surface area contributed by atoms with Gasteiger partial charge in [0, 0.05) is 6.42 Å². The Morgan fingerprint density at radius 3 is 2.52 bits per heavy atom. The molecule has 0 saturated heterocycles. The third kappa shape index (κ3) is 6.33. The number of aliphatic hydroxyl groups is 2. The lowest BCUT2D eigenvalue weighted by molar-refractivity contribution is -0.161. The Morgan fingerprint density at radius 2 is 2.00 bits per heavy atom. The molecule has 0 radical (unpaired) electrons. The summed E-state index contributed by atoms with van der Waals surface area (Å²) in [4.78, 5) is 26.0. The van der Waals surface area contributed by atoms with Gasteiger partial charge >= 0.3 is 5.97 Å². The molecule has 152 valence electrons. The number of hydrogen-bond acceptors (Lipinski definition) is 6. The summed E-state index contributed by atoms with van der Waals surface area (Å²) in [5, 5.41) is 20.5. The van der Waals surface area contributed by atoms with Crippen LogP contribution >= 0.6 is 11.8 Å². The first-order valence-corrected chi connectivity index (χ1v) is 10.5. The molecule has 1 aliphatic heterocycles. The van der Waals surface area contributed by atoms with Crippen LogP contribution < -0.4 is 0 Å². The smallest absolute Gasteiger partial charge is 0.316 e. The van der Waals surface area contributed by atoms with E-state index in [0.717, 1.165) is 16.1 Å². The summed E-state index contributed by atoms with van der Waals surface area (Å²) in [6.07, 6.45) is 6.55. The minimum absolute atomic E-state index is 0.0377. The van der Waals surface area contributed by atoms with E-state index in [1.807, 2.05) is 39.2 Å². The molecule has 0 spiro atoms. The average molecular weight is 397 g/mol. The van der Waals surface area contributed by atoms with E-state index in [-0.39, 0.29) is 12.3 Å². The summed E-state index contributed by atoms with van der Waals surface area (Å²) in [6, 6.07) is 0. The van der Waals surface area contributed by atoms with E-state index in [1.165, 1.54) is 18.7 Å². The molecule has 0 amide bonds. The maximum absolute atomic E-state index is 12.8. The molecule has 1 rings (SSSR count). The Balaban J connectivity index is 3.38. The zero-order valence-electron chi connectivity index (χ0n) is 16.9. The number of cyclic esters (lactones) is 1. The van der Waals surface area contributed by atoms with E-state index in [1.54, 1.807) is 0 Å². The Morgan fingerprint density at radius 1 is 1.37 bits per heavy atom. The highest BCUT2D eigenvalue weighted by molar-refractivity contribution is 8.02. The number of carbonyl (C=O) groups excluding carboxylic acids is 2. The van der Waals surface area contributed by atoms with Gasteiger partial charge in [-0.15, -0.1) is 11.8 Å². The van der Waals surface area contributed by atoms with Crippen LogP contribution in [0.25, 0.3) is 0 Å².